The van der Waals surface area contributed by atoms with Gasteiger partial charge in [-0.1, -0.05) is 0 Å². The highest BCUT2D eigenvalue weighted by molar-refractivity contribution is 7.89. The fourth-order valence-electron chi connectivity index (χ4n) is 2.44. The Morgan fingerprint density at radius 3 is 2.95 bits per heavy atom. The van der Waals surface area contributed by atoms with Gasteiger partial charge in [0.1, 0.15) is 10.7 Å². The molecule has 1 aliphatic heterocycles. The molecule has 106 valence electrons. The summed E-state index contributed by atoms with van der Waals surface area (Å²) in [5, 5.41) is 14.9. The van der Waals surface area contributed by atoms with Gasteiger partial charge in [0.25, 0.3) is 0 Å². The number of aromatic nitrogens is 1. The molecule has 1 fully saturated rings. The van der Waals surface area contributed by atoms with Crippen LogP contribution in [0.5, 0.6) is 0 Å². The van der Waals surface area contributed by atoms with E-state index in [4.69, 9.17) is 5.14 Å². The highest BCUT2D eigenvalue weighted by Crippen LogP contribution is 2.27. The van der Waals surface area contributed by atoms with E-state index in [-0.39, 0.29) is 10.8 Å². The van der Waals surface area contributed by atoms with Gasteiger partial charge in [0.05, 0.1) is 6.10 Å². The van der Waals surface area contributed by atoms with Gasteiger partial charge < -0.3 is 10.0 Å². The number of hydrogen-bond donors (Lipinski definition) is 2. The minimum Gasteiger partial charge on any atom is -0.393 e. The zero-order chi connectivity index (χ0) is 14.0. The Morgan fingerprint density at radius 1 is 1.58 bits per heavy atom. The van der Waals surface area contributed by atoms with E-state index in [1.807, 2.05) is 4.90 Å². The number of piperidine rings is 1. The highest BCUT2D eigenvalue weighted by Gasteiger charge is 2.27. The SMILES string of the molecule is CC(O)C1CCCN(c2ncccc2S(N)(=O)=O)C1. The van der Waals surface area contributed by atoms with Gasteiger partial charge in [0.2, 0.25) is 10.0 Å². The summed E-state index contributed by atoms with van der Waals surface area (Å²) in [6.45, 7) is 3.08. The topological polar surface area (TPSA) is 96.5 Å². The van der Waals surface area contributed by atoms with Crippen molar-refractivity contribution in [2.24, 2.45) is 11.1 Å². The molecular formula is C12H19N3O3S. The maximum absolute atomic E-state index is 11.6. The van der Waals surface area contributed by atoms with E-state index in [1.54, 1.807) is 19.2 Å². The number of aliphatic hydroxyl groups is 1. The molecule has 1 aromatic rings. The lowest BCUT2D eigenvalue weighted by atomic mass is 9.93. The average molecular weight is 285 g/mol. The van der Waals surface area contributed by atoms with E-state index in [1.165, 1.54) is 6.07 Å². The van der Waals surface area contributed by atoms with Crippen LogP contribution in [0.4, 0.5) is 5.82 Å². The number of aliphatic hydroxyl groups excluding tert-OH is 1. The molecule has 2 rings (SSSR count). The Bertz CT molecular complexity index is 545. The highest BCUT2D eigenvalue weighted by atomic mass is 32.2. The first kappa shape index (κ1) is 14.2. The van der Waals surface area contributed by atoms with E-state index in [2.05, 4.69) is 4.98 Å². The summed E-state index contributed by atoms with van der Waals surface area (Å²) >= 11 is 0. The number of nitrogens with zero attached hydrogens (tertiary/aromatic N) is 2. The van der Waals surface area contributed by atoms with E-state index in [9.17, 15) is 13.5 Å². The Balaban J connectivity index is 2.32. The van der Waals surface area contributed by atoms with Gasteiger partial charge >= 0.3 is 0 Å². The Hall–Kier alpha value is -1.18. The molecule has 0 saturated carbocycles. The predicted octanol–water partition coefficient (Wildman–Crippen LogP) is 0.326. The Kier molecular flexibility index (Phi) is 4.07. The van der Waals surface area contributed by atoms with E-state index in [0.717, 1.165) is 19.4 Å². The number of anilines is 1. The van der Waals surface area contributed by atoms with E-state index < -0.39 is 16.1 Å². The van der Waals surface area contributed by atoms with Crippen molar-refractivity contribution < 1.29 is 13.5 Å². The van der Waals surface area contributed by atoms with Crippen LogP contribution < -0.4 is 10.0 Å². The molecule has 1 aliphatic rings. The lowest BCUT2D eigenvalue weighted by molar-refractivity contribution is 0.115. The van der Waals surface area contributed by atoms with Crippen molar-refractivity contribution in [1.82, 2.24) is 4.98 Å². The third kappa shape index (κ3) is 3.23. The zero-order valence-corrected chi connectivity index (χ0v) is 11.7. The van der Waals surface area contributed by atoms with Crippen molar-refractivity contribution in [3.8, 4) is 0 Å². The largest absolute Gasteiger partial charge is 0.393 e. The molecule has 0 spiro atoms. The lowest BCUT2D eigenvalue weighted by Gasteiger charge is -2.35. The second-order valence-electron chi connectivity index (χ2n) is 4.96. The molecular weight excluding hydrogens is 266 g/mol. The molecule has 1 saturated heterocycles. The summed E-state index contributed by atoms with van der Waals surface area (Å²) < 4.78 is 23.1. The molecule has 2 heterocycles. The fourth-order valence-corrected chi connectivity index (χ4v) is 3.14. The average Bonchev–Trinajstić information content (AvgIpc) is 2.38. The minimum atomic E-state index is -3.79. The molecule has 0 aliphatic carbocycles. The number of hydrogen-bond acceptors (Lipinski definition) is 5. The molecule has 1 aromatic heterocycles. The molecule has 7 heteroatoms. The normalized spacial score (nSPS) is 22.3. The van der Waals surface area contributed by atoms with Crippen molar-refractivity contribution in [2.45, 2.75) is 30.8 Å². The number of nitrogens with two attached hydrogens (primary N) is 1. The number of rotatable bonds is 3. The van der Waals surface area contributed by atoms with Crippen LogP contribution in [0.15, 0.2) is 23.2 Å². The quantitative estimate of drug-likeness (QED) is 0.834. The van der Waals surface area contributed by atoms with E-state index >= 15 is 0 Å². The molecule has 0 amide bonds. The van der Waals surface area contributed by atoms with Crippen LogP contribution in [-0.4, -0.2) is 37.7 Å². The third-order valence-electron chi connectivity index (χ3n) is 3.50. The van der Waals surface area contributed by atoms with Gasteiger partial charge in [-0.15, -0.1) is 0 Å². The monoisotopic (exact) mass is 285 g/mol. The van der Waals surface area contributed by atoms with Gasteiger partial charge in [0.15, 0.2) is 0 Å². The molecule has 19 heavy (non-hydrogen) atoms. The molecule has 0 radical (unpaired) electrons. The van der Waals surface area contributed by atoms with Crippen LogP contribution in [0.2, 0.25) is 0 Å². The summed E-state index contributed by atoms with van der Waals surface area (Å²) in [5.74, 6) is 0.513. The third-order valence-corrected chi connectivity index (χ3v) is 4.43. The van der Waals surface area contributed by atoms with Crippen molar-refractivity contribution in [3.05, 3.63) is 18.3 Å². The molecule has 6 nitrogen and oxygen atoms in total. The summed E-state index contributed by atoms with van der Waals surface area (Å²) in [4.78, 5) is 6.08. The standard InChI is InChI=1S/C12H19N3O3S/c1-9(16)10-4-3-7-15(8-10)12-11(19(13,17)18)5-2-6-14-12/h2,5-6,9-10,16H,3-4,7-8H2,1H3,(H2,13,17,18). The van der Waals surface area contributed by atoms with Crippen molar-refractivity contribution in [2.75, 3.05) is 18.0 Å². The zero-order valence-electron chi connectivity index (χ0n) is 10.9. The first-order chi connectivity index (χ1) is 8.89. The lowest BCUT2D eigenvalue weighted by Crippen LogP contribution is -2.40. The van der Waals surface area contributed by atoms with Crippen LogP contribution in [0.25, 0.3) is 0 Å². The number of primary sulfonamides is 1. The van der Waals surface area contributed by atoms with Crippen LogP contribution in [-0.2, 0) is 10.0 Å². The summed E-state index contributed by atoms with van der Waals surface area (Å²) in [5.41, 5.74) is 0. The van der Waals surface area contributed by atoms with Crippen LogP contribution in [0, 0.1) is 5.92 Å². The maximum atomic E-state index is 11.6. The van der Waals surface area contributed by atoms with Gasteiger partial charge in [-0.2, -0.15) is 0 Å². The minimum absolute atomic E-state index is 0.0428. The van der Waals surface area contributed by atoms with Gasteiger partial charge in [0, 0.05) is 25.2 Å². The molecule has 0 aromatic carbocycles. The van der Waals surface area contributed by atoms with Crippen molar-refractivity contribution in [3.63, 3.8) is 0 Å². The second-order valence-corrected chi connectivity index (χ2v) is 6.49. The van der Waals surface area contributed by atoms with Crippen LogP contribution in [0.1, 0.15) is 19.8 Å². The van der Waals surface area contributed by atoms with Crippen LogP contribution in [0.3, 0.4) is 0 Å². The Morgan fingerprint density at radius 2 is 2.32 bits per heavy atom. The van der Waals surface area contributed by atoms with E-state index in [0.29, 0.717) is 12.4 Å². The number of pyridine rings is 1. The summed E-state index contributed by atoms with van der Waals surface area (Å²) in [7, 11) is -3.79. The van der Waals surface area contributed by atoms with Gasteiger partial charge in [-0.3, -0.25) is 0 Å². The van der Waals surface area contributed by atoms with Crippen molar-refractivity contribution >= 4 is 15.8 Å². The maximum Gasteiger partial charge on any atom is 0.241 e. The predicted molar refractivity (Wildman–Crippen MR) is 72.2 cm³/mol. The second kappa shape index (κ2) is 5.44. The van der Waals surface area contributed by atoms with Crippen LogP contribution >= 0.6 is 0 Å². The summed E-state index contributed by atoms with van der Waals surface area (Å²) in [6.07, 6.45) is 2.97. The smallest absolute Gasteiger partial charge is 0.241 e. The summed E-state index contributed by atoms with van der Waals surface area (Å²) in [6, 6.07) is 3.02. The first-order valence-electron chi connectivity index (χ1n) is 6.30. The molecule has 2 atom stereocenters. The fraction of sp³-hybridized carbons (Fsp3) is 0.583. The van der Waals surface area contributed by atoms with Gasteiger partial charge in [-0.25, -0.2) is 18.5 Å². The molecule has 0 bridgehead atoms. The first-order valence-corrected chi connectivity index (χ1v) is 7.85. The van der Waals surface area contributed by atoms with Crippen molar-refractivity contribution in [1.29, 1.82) is 0 Å². The number of sulfonamides is 1. The Labute approximate surface area is 113 Å². The molecule has 2 unspecified atom stereocenters. The van der Waals surface area contributed by atoms with Gasteiger partial charge in [-0.05, 0) is 31.9 Å². The molecule has 3 N–H and O–H groups in total.